The second kappa shape index (κ2) is 3.40. The molecule has 1 saturated heterocycles. The van der Waals surface area contributed by atoms with Crippen LogP contribution < -0.4 is 0 Å². The van der Waals surface area contributed by atoms with Crippen molar-refractivity contribution in [1.29, 1.82) is 0 Å². The van der Waals surface area contributed by atoms with Gasteiger partial charge in [-0.2, -0.15) is 0 Å². The topological polar surface area (TPSA) is 9.23 Å². The molecule has 0 aromatic heterocycles. The summed E-state index contributed by atoms with van der Waals surface area (Å²) in [5.41, 5.74) is 0. The minimum Gasteiger partial charge on any atom is -0.374 e. The van der Waals surface area contributed by atoms with Crippen LogP contribution in [0.5, 0.6) is 0 Å². The molecule has 0 N–H and O–H groups in total. The molecule has 0 spiro atoms. The molecule has 1 nitrogen and oxygen atoms in total. The van der Waals surface area contributed by atoms with Crippen LogP contribution in [0.4, 0.5) is 0 Å². The first-order chi connectivity index (χ1) is 5.45. The predicted octanol–water partition coefficient (Wildman–Crippen LogP) is 2.52. The summed E-state index contributed by atoms with van der Waals surface area (Å²) in [6.07, 6.45) is 11.6. The Morgan fingerprint density at radius 2 is 2.18 bits per heavy atom. The van der Waals surface area contributed by atoms with Gasteiger partial charge in [-0.25, -0.2) is 0 Å². The molecule has 2 aliphatic heterocycles. The quantitative estimate of drug-likeness (QED) is 0.485. The van der Waals surface area contributed by atoms with Gasteiger partial charge >= 0.3 is 0 Å². The molecule has 2 heterocycles. The second-order valence-corrected chi connectivity index (χ2v) is 3.67. The monoisotopic (exact) mass is 152 g/mol. The molecule has 0 aliphatic carbocycles. The highest BCUT2D eigenvalue weighted by molar-refractivity contribution is 4.93. The lowest BCUT2D eigenvalue weighted by Gasteiger charge is -2.16. The van der Waals surface area contributed by atoms with E-state index in [1.54, 1.807) is 0 Å². The molecule has 1 heteroatoms. The van der Waals surface area contributed by atoms with E-state index in [1.165, 1.54) is 32.1 Å². The lowest BCUT2D eigenvalue weighted by molar-refractivity contribution is 0.0650. The Kier molecular flexibility index (Phi) is 2.27. The zero-order chi connectivity index (χ0) is 7.52. The van der Waals surface area contributed by atoms with E-state index in [-0.39, 0.29) is 0 Å². The summed E-state index contributed by atoms with van der Waals surface area (Å²) < 4.78 is 5.72. The fraction of sp³-hybridized carbons (Fsp3) is 0.800. The summed E-state index contributed by atoms with van der Waals surface area (Å²) in [4.78, 5) is 0. The van der Waals surface area contributed by atoms with Gasteiger partial charge in [-0.15, -0.1) is 0 Å². The molecule has 0 radical (unpaired) electrons. The van der Waals surface area contributed by atoms with Crippen molar-refractivity contribution in [3.05, 3.63) is 12.2 Å². The second-order valence-electron chi connectivity index (χ2n) is 3.67. The number of hydrogen-bond donors (Lipinski definition) is 0. The van der Waals surface area contributed by atoms with Gasteiger partial charge in [-0.1, -0.05) is 18.6 Å². The van der Waals surface area contributed by atoms with E-state index in [0.29, 0.717) is 6.10 Å². The first-order valence-electron chi connectivity index (χ1n) is 4.73. The number of ether oxygens (including phenoxy) is 1. The molecule has 1 fully saturated rings. The van der Waals surface area contributed by atoms with Crippen LogP contribution in [-0.2, 0) is 4.74 Å². The summed E-state index contributed by atoms with van der Waals surface area (Å²) in [7, 11) is 0. The highest BCUT2D eigenvalue weighted by atomic mass is 16.5. The first-order valence-corrected chi connectivity index (χ1v) is 4.73. The van der Waals surface area contributed by atoms with E-state index >= 15 is 0 Å². The fourth-order valence-corrected chi connectivity index (χ4v) is 1.99. The highest BCUT2D eigenvalue weighted by Gasteiger charge is 2.18. The third-order valence-electron chi connectivity index (χ3n) is 2.74. The number of allylic oxidation sites excluding steroid dienone is 1. The van der Waals surface area contributed by atoms with Crippen molar-refractivity contribution in [2.24, 2.45) is 5.92 Å². The van der Waals surface area contributed by atoms with E-state index in [2.05, 4.69) is 12.2 Å². The maximum atomic E-state index is 5.72. The van der Waals surface area contributed by atoms with E-state index in [0.717, 1.165) is 12.5 Å². The number of hydrogen-bond acceptors (Lipinski definition) is 1. The minimum absolute atomic E-state index is 0.445. The average Bonchev–Trinajstić information content (AvgIpc) is 2.11. The van der Waals surface area contributed by atoms with Crippen LogP contribution in [-0.4, -0.2) is 12.7 Å². The van der Waals surface area contributed by atoms with Crippen LogP contribution >= 0.6 is 0 Å². The van der Waals surface area contributed by atoms with Crippen molar-refractivity contribution in [3.8, 4) is 0 Å². The standard InChI is InChI=1S/C10H16O/c1-2-6-10-7-3-5-9(4-1)8-11-10/h2,6,9-10H,1,3-5,7-8H2. The molecule has 11 heavy (non-hydrogen) atoms. The van der Waals surface area contributed by atoms with Gasteiger partial charge < -0.3 is 4.74 Å². The Hall–Kier alpha value is -0.300. The Balaban J connectivity index is 2.06. The lowest BCUT2D eigenvalue weighted by Crippen LogP contribution is -2.13. The third-order valence-corrected chi connectivity index (χ3v) is 2.74. The molecule has 2 atom stereocenters. The molecular formula is C10H16O. The molecule has 2 aliphatic rings. The lowest BCUT2D eigenvalue weighted by atomic mass is 9.99. The van der Waals surface area contributed by atoms with E-state index < -0.39 is 0 Å². The first kappa shape index (κ1) is 7.35. The highest BCUT2D eigenvalue weighted by Crippen LogP contribution is 2.25. The zero-order valence-electron chi connectivity index (χ0n) is 6.96. The van der Waals surface area contributed by atoms with Crippen molar-refractivity contribution in [2.45, 2.75) is 38.2 Å². The van der Waals surface area contributed by atoms with Gasteiger partial charge in [0.15, 0.2) is 0 Å². The maximum Gasteiger partial charge on any atom is 0.0755 e. The molecule has 0 aromatic carbocycles. The largest absolute Gasteiger partial charge is 0.374 e. The Morgan fingerprint density at radius 1 is 1.18 bits per heavy atom. The SMILES string of the molecule is C1=CC2CCCC(CC1)CO2. The normalized spacial score (nSPS) is 37.8. The number of fused-ring (bicyclic) bond motifs is 3. The summed E-state index contributed by atoms with van der Waals surface area (Å²) >= 11 is 0. The molecule has 0 saturated carbocycles. The van der Waals surface area contributed by atoms with Crippen LogP contribution in [0, 0.1) is 5.92 Å². The van der Waals surface area contributed by atoms with Gasteiger partial charge in [-0.3, -0.25) is 0 Å². The average molecular weight is 152 g/mol. The molecule has 2 bridgehead atoms. The summed E-state index contributed by atoms with van der Waals surface area (Å²) in [6.45, 7) is 1.01. The van der Waals surface area contributed by atoms with Crippen LogP contribution in [0.3, 0.4) is 0 Å². The predicted molar refractivity (Wildman–Crippen MR) is 45.5 cm³/mol. The minimum atomic E-state index is 0.445. The van der Waals surface area contributed by atoms with Crippen molar-refractivity contribution in [1.82, 2.24) is 0 Å². The van der Waals surface area contributed by atoms with Crippen LogP contribution in [0.25, 0.3) is 0 Å². The van der Waals surface area contributed by atoms with Crippen molar-refractivity contribution < 1.29 is 4.74 Å². The summed E-state index contributed by atoms with van der Waals surface area (Å²) in [5, 5.41) is 0. The molecule has 62 valence electrons. The summed E-state index contributed by atoms with van der Waals surface area (Å²) in [6, 6.07) is 0. The van der Waals surface area contributed by atoms with Crippen LogP contribution in [0.2, 0.25) is 0 Å². The van der Waals surface area contributed by atoms with Gasteiger partial charge in [0.2, 0.25) is 0 Å². The van der Waals surface area contributed by atoms with E-state index in [9.17, 15) is 0 Å². The van der Waals surface area contributed by atoms with Gasteiger partial charge in [0.1, 0.15) is 0 Å². The van der Waals surface area contributed by atoms with Crippen molar-refractivity contribution >= 4 is 0 Å². The Labute approximate surface area is 68.4 Å². The van der Waals surface area contributed by atoms with Crippen molar-refractivity contribution in [3.63, 3.8) is 0 Å². The fourth-order valence-electron chi connectivity index (χ4n) is 1.99. The zero-order valence-corrected chi connectivity index (χ0v) is 6.96. The van der Waals surface area contributed by atoms with Gasteiger partial charge in [-0.05, 0) is 31.6 Å². The third kappa shape index (κ3) is 1.84. The molecule has 2 rings (SSSR count). The smallest absolute Gasteiger partial charge is 0.0755 e. The van der Waals surface area contributed by atoms with Gasteiger partial charge in [0.05, 0.1) is 12.7 Å². The van der Waals surface area contributed by atoms with Crippen molar-refractivity contribution in [2.75, 3.05) is 6.61 Å². The molecular weight excluding hydrogens is 136 g/mol. The van der Waals surface area contributed by atoms with Gasteiger partial charge in [0.25, 0.3) is 0 Å². The Bertz CT molecular complexity index is 151. The molecule has 0 amide bonds. The van der Waals surface area contributed by atoms with Gasteiger partial charge in [0, 0.05) is 0 Å². The van der Waals surface area contributed by atoms with E-state index in [4.69, 9.17) is 4.74 Å². The summed E-state index contributed by atoms with van der Waals surface area (Å²) in [5.74, 6) is 0.852. The number of rotatable bonds is 0. The van der Waals surface area contributed by atoms with Crippen LogP contribution in [0.15, 0.2) is 12.2 Å². The van der Waals surface area contributed by atoms with Crippen LogP contribution in [0.1, 0.15) is 32.1 Å². The Morgan fingerprint density at radius 3 is 3.18 bits per heavy atom. The van der Waals surface area contributed by atoms with E-state index in [1.807, 2.05) is 0 Å². The maximum absolute atomic E-state index is 5.72. The molecule has 2 unspecified atom stereocenters. The molecule has 0 aromatic rings.